The van der Waals surface area contributed by atoms with Crippen molar-refractivity contribution < 1.29 is 24.1 Å². The molecule has 0 spiro atoms. The van der Waals surface area contributed by atoms with Crippen LogP contribution in [0.25, 0.3) is 0 Å². The number of carbonyl (C=O) groups excluding carboxylic acids is 1. The highest BCUT2D eigenvalue weighted by atomic mass is 79.9. The largest absolute Gasteiger partial charge is 0.505 e. The molecule has 2 aromatic carbocycles. The first kappa shape index (κ1) is 19.2. The number of aliphatic hydroxyl groups excluding tert-OH is 1. The Hall–Kier alpha value is -2.12. The molecule has 0 unspecified atom stereocenters. The van der Waals surface area contributed by atoms with Crippen LogP contribution in [0.1, 0.15) is 25.0 Å². The first-order valence-electron chi connectivity index (χ1n) is 7.73. The second kappa shape index (κ2) is 8.82. The molecule has 0 aliphatic rings. The van der Waals surface area contributed by atoms with Gasteiger partial charge in [-0.1, -0.05) is 28.9 Å². The summed E-state index contributed by atoms with van der Waals surface area (Å²) in [6.45, 7) is 1.70. The molecule has 2 atom stereocenters. The lowest BCUT2D eigenvalue weighted by molar-refractivity contribution is 0.0665. The van der Waals surface area contributed by atoms with Crippen LogP contribution in [0.2, 0.25) is 0 Å². The summed E-state index contributed by atoms with van der Waals surface area (Å²) in [6.07, 6.45) is -1.08. The maximum absolute atomic E-state index is 13.7. The third-order valence-electron chi connectivity index (χ3n) is 3.73. The number of rotatable bonds is 6. The van der Waals surface area contributed by atoms with Crippen molar-refractivity contribution in [2.45, 2.75) is 19.4 Å². The molecule has 0 aliphatic heterocycles. The van der Waals surface area contributed by atoms with E-state index in [0.717, 1.165) is 10.5 Å². The van der Waals surface area contributed by atoms with Gasteiger partial charge in [0.2, 0.25) is 0 Å². The number of halogens is 2. The van der Waals surface area contributed by atoms with Crippen LogP contribution in [0.15, 0.2) is 46.9 Å². The molecular weight excluding hydrogens is 393 g/mol. The number of phenolic OH excluding ortho intramolecular Hbond substituents is 1. The van der Waals surface area contributed by atoms with E-state index in [1.54, 1.807) is 31.2 Å². The molecule has 1 amide bonds. The quantitative estimate of drug-likeness (QED) is 0.648. The molecule has 0 aromatic heterocycles. The van der Waals surface area contributed by atoms with Gasteiger partial charge < -0.3 is 14.9 Å². The van der Waals surface area contributed by atoms with Crippen LogP contribution in [0.5, 0.6) is 5.75 Å². The van der Waals surface area contributed by atoms with Crippen LogP contribution in [0, 0.1) is 11.7 Å². The van der Waals surface area contributed by atoms with Crippen molar-refractivity contribution in [1.29, 1.82) is 0 Å². The van der Waals surface area contributed by atoms with Crippen LogP contribution in [0.4, 0.5) is 14.9 Å². The van der Waals surface area contributed by atoms with Gasteiger partial charge in [0, 0.05) is 16.8 Å². The summed E-state index contributed by atoms with van der Waals surface area (Å²) in [7, 11) is 0. The fraction of sp³-hybridized carbons (Fsp3) is 0.278. The molecule has 25 heavy (non-hydrogen) atoms. The predicted molar refractivity (Wildman–Crippen MR) is 95.9 cm³/mol. The Morgan fingerprint density at radius 3 is 2.56 bits per heavy atom. The van der Waals surface area contributed by atoms with Gasteiger partial charge in [0.1, 0.15) is 6.10 Å². The van der Waals surface area contributed by atoms with Gasteiger partial charge in [-0.15, -0.1) is 0 Å². The number of benzene rings is 2. The first-order chi connectivity index (χ1) is 11.9. The number of phenols is 1. The molecule has 2 aromatic rings. The molecule has 0 saturated carbocycles. The second-order valence-corrected chi connectivity index (χ2v) is 6.57. The monoisotopic (exact) mass is 411 g/mol. The molecule has 0 saturated heterocycles. The number of hydrogen-bond acceptors (Lipinski definition) is 4. The lowest BCUT2D eigenvalue weighted by Gasteiger charge is -2.24. The Kier molecular flexibility index (Phi) is 6.78. The number of hydrogen-bond donors (Lipinski definition) is 3. The van der Waals surface area contributed by atoms with Gasteiger partial charge in [-0.2, -0.15) is 0 Å². The predicted octanol–water partition coefficient (Wildman–Crippen LogP) is 4.60. The van der Waals surface area contributed by atoms with Crippen LogP contribution >= 0.6 is 15.9 Å². The second-order valence-electron chi connectivity index (χ2n) is 5.66. The van der Waals surface area contributed by atoms with Crippen molar-refractivity contribution in [3.63, 3.8) is 0 Å². The van der Waals surface area contributed by atoms with E-state index < -0.39 is 23.8 Å². The summed E-state index contributed by atoms with van der Waals surface area (Å²) in [4.78, 5) is 12.2. The average Bonchev–Trinajstić information content (AvgIpc) is 2.57. The smallest absolute Gasteiger partial charge is 0.412 e. The molecule has 0 bridgehead atoms. The Balaban J connectivity index is 2.15. The van der Waals surface area contributed by atoms with E-state index in [1.165, 1.54) is 12.1 Å². The molecule has 0 aliphatic carbocycles. The Morgan fingerprint density at radius 1 is 1.28 bits per heavy atom. The highest BCUT2D eigenvalue weighted by molar-refractivity contribution is 9.10. The van der Waals surface area contributed by atoms with E-state index in [0.29, 0.717) is 17.7 Å². The number of ether oxygens (including phenoxy) is 1. The summed E-state index contributed by atoms with van der Waals surface area (Å²) < 4.78 is 20.0. The third-order valence-corrected chi connectivity index (χ3v) is 4.25. The summed E-state index contributed by atoms with van der Waals surface area (Å²) in [5.41, 5.74) is 0.959. The Bertz CT molecular complexity index is 724. The summed E-state index contributed by atoms with van der Waals surface area (Å²) in [5.74, 6) is -1.52. The minimum Gasteiger partial charge on any atom is -0.505 e. The molecular formula is C18H19BrFNO4. The first-order valence-corrected chi connectivity index (χ1v) is 8.52. The minimum absolute atomic E-state index is 0.0874. The molecule has 134 valence electrons. The standard InChI is InChI=1S/C18H19BrFNO4/c1-11(8-9-22)17(12-2-7-16(23)15(20)10-12)25-18(24)21-14-5-3-13(19)4-6-14/h2-7,10-11,17,22-23H,8-9H2,1H3,(H,21,24)/t11-,17-/m1/s1. The van der Waals surface area contributed by atoms with Gasteiger partial charge in [0.25, 0.3) is 0 Å². The van der Waals surface area contributed by atoms with Gasteiger partial charge in [-0.25, -0.2) is 9.18 Å². The normalized spacial score (nSPS) is 13.1. The van der Waals surface area contributed by atoms with Crippen LogP contribution in [-0.2, 0) is 4.74 Å². The van der Waals surface area contributed by atoms with Crippen LogP contribution in [-0.4, -0.2) is 22.9 Å². The number of aliphatic hydroxyl groups is 1. The van der Waals surface area contributed by atoms with Gasteiger partial charge in [0.15, 0.2) is 11.6 Å². The van der Waals surface area contributed by atoms with Crippen molar-refractivity contribution >= 4 is 27.7 Å². The van der Waals surface area contributed by atoms with Crippen molar-refractivity contribution in [1.82, 2.24) is 0 Å². The number of nitrogens with one attached hydrogen (secondary N) is 1. The van der Waals surface area contributed by atoms with Gasteiger partial charge in [-0.3, -0.25) is 5.32 Å². The number of anilines is 1. The maximum Gasteiger partial charge on any atom is 0.412 e. The zero-order chi connectivity index (χ0) is 18.4. The van der Waals surface area contributed by atoms with E-state index >= 15 is 0 Å². The SMILES string of the molecule is C[C@H](CCO)[C@@H](OC(=O)Nc1ccc(Br)cc1)c1ccc(O)c(F)c1. The van der Waals surface area contributed by atoms with E-state index in [-0.39, 0.29) is 12.5 Å². The third kappa shape index (κ3) is 5.44. The number of amides is 1. The summed E-state index contributed by atoms with van der Waals surface area (Å²) in [6, 6.07) is 10.8. The molecule has 5 nitrogen and oxygen atoms in total. The Morgan fingerprint density at radius 2 is 1.96 bits per heavy atom. The molecule has 2 rings (SSSR count). The van der Waals surface area contributed by atoms with Crippen molar-refractivity contribution in [3.8, 4) is 5.75 Å². The summed E-state index contributed by atoms with van der Waals surface area (Å²) >= 11 is 3.31. The highest BCUT2D eigenvalue weighted by Crippen LogP contribution is 2.31. The van der Waals surface area contributed by atoms with Crippen LogP contribution in [0.3, 0.4) is 0 Å². The van der Waals surface area contributed by atoms with Crippen molar-refractivity contribution in [2.75, 3.05) is 11.9 Å². The van der Waals surface area contributed by atoms with E-state index in [9.17, 15) is 14.3 Å². The van der Waals surface area contributed by atoms with Crippen molar-refractivity contribution in [3.05, 3.63) is 58.3 Å². The molecule has 7 heteroatoms. The zero-order valence-corrected chi connectivity index (χ0v) is 15.2. The number of carbonyl (C=O) groups is 1. The van der Waals surface area contributed by atoms with Crippen LogP contribution < -0.4 is 5.32 Å². The van der Waals surface area contributed by atoms with E-state index in [4.69, 9.17) is 9.84 Å². The lowest BCUT2D eigenvalue weighted by atomic mass is 9.94. The molecule has 3 N–H and O–H groups in total. The lowest BCUT2D eigenvalue weighted by Crippen LogP contribution is -2.22. The molecule has 0 heterocycles. The fourth-order valence-corrected chi connectivity index (χ4v) is 2.63. The molecule has 0 fully saturated rings. The maximum atomic E-state index is 13.7. The molecule has 0 radical (unpaired) electrons. The Labute approximate surface area is 153 Å². The van der Waals surface area contributed by atoms with Gasteiger partial charge in [0.05, 0.1) is 0 Å². The zero-order valence-electron chi connectivity index (χ0n) is 13.6. The van der Waals surface area contributed by atoms with Gasteiger partial charge in [-0.05, 0) is 54.3 Å². The minimum atomic E-state index is -0.796. The summed E-state index contributed by atoms with van der Waals surface area (Å²) in [5, 5.41) is 21.1. The van der Waals surface area contributed by atoms with Gasteiger partial charge >= 0.3 is 6.09 Å². The van der Waals surface area contributed by atoms with E-state index in [2.05, 4.69) is 21.2 Å². The average molecular weight is 412 g/mol. The van der Waals surface area contributed by atoms with E-state index in [1.807, 2.05) is 0 Å². The van der Waals surface area contributed by atoms with Crippen molar-refractivity contribution in [2.24, 2.45) is 5.92 Å². The highest BCUT2D eigenvalue weighted by Gasteiger charge is 2.24. The fourth-order valence-electron chi connectivity index (χ4n) is 2.36. The topological polar surface area (TPSA) is 78.8 Å². The number of aromatic hydroxyl groups is 1.